The molecule has 0 atom stereocenters. The van der Waals surface area contributed by atoms with Gasteiger partial charge in [0.25, 0.3) is 0 Å². The van der Waals surface area contributed by atoms with Gasteiger partial charge in [0.2, 0.25) is 0 Å². The maximum Gasteiger partial charge on any atom is 0.188 e. The van der Waals surface area contributed by atoms with Crippen molar-refractivity contribution in [2.45, 2.75) is 13.1 Å². The molecule has 18 heavy (non-hydrogen) atoms. The third kappa shape index (κ3) is 2.18. The van der Waals surface area contributed by atoms with Gasteiger partial charge in [-0.2, -0.15) is 5.21 Å². The van der Waals surface area contributed by atoms with Gasteiger partial charge in [-0.25, -0.2) is 0 Å². The molecule has 6 nitrogen and oxygen atoms in total. The van der Waals surface area contributed by atoms with E-state index in [1.165, 1.54) is 5.39 Å². The zero-order valence-corrected chi connectivity index (χ0v) is 9.67. The fraction of sp³-hybridized carbons (Fsp3) is 0.167. The lowest BCUT2D eigenvalue weighted by Gasteiger charge is -2.06. The van der Waals surface area contributed by atoms with Crippen molar-refractivity contribution in [3.63, 3.8) is 0 Å². The average molecular weight is 240 g/mol. The Morgan fingerprint density at radius 1 is 1.11 bits per heavy atom. The number of aromatic nitrogens is 5. The molecule has 0 aliphatic rings. The van der Waals surface area contributed by atoms with Crippen molar-refractivity contribution in [1.82, 2.24) is 30.9 Å². The zero-order valence-electron chi connectivity index (χ0n) is 9.67. The molecule has 1 aromatic carbocycles. The molecule has 2 aromatic heterocycles. The van der Waals surface area contributed by atoms with E-state index >= 15 is 0 Å². The quantitative estimate of drug-likeness (QED) is 0.712. The van der Waals surface area contributed by atoms with Crippen LogP contribution < -0.4 is 5.32 Å². The molecule has 0 amide bonds. The molecular formula is C12H12N6. The van der Waals surface area contributed by atoms with Gasteiger partial charge in [0.15, 0.2) is 5.82 Å². The van der Waals surface area contributed by atoms with Crippen molar-refractivity contribution in [1.29, 1.82) is 0 Å². The Morgan fingerprint density at radius 2 is 2.06 bits per heavy atom. The van der Waals surface area contributed by atoms with Crippen LogP contribution in [0.1, 0.15) is 11.4 Å². The van der Waals surface area contributed by atoms with Crippen LogP contribution in [0.4, 0.5) is 0 Å². The van der Waals surface area contributed by atoms with Gasteiger partial charge in [-0.1, -0.05) is 29.5 Å². The van der Waals surface area contributed by atoms with Crippen LogP contribution in [0.25, 0.3) is 10.8 Å². The van der Waals surface area contributed by atoms with Gasteiger partial charge < -0.3 is 5.32 Å². The minimum absolute atomic E-state index is 0.583. The van der Waals surface area contributed by atoms with Crippen LogP contribution in [-0.4, -0.2) is 25.6 Å². The smallest absolute Gasteiger partial charge is 0.188 e. The summed E-state index contributed by atoms with van der Waals surface area (Å²) in [6.45, 7) is 1.31. The molecule has 0 aliphatic carbocycles. The normalized spacial score (nSPS) is 10.9. The Hall–Kier alpha value is -2.34. The Morgan fingerprint density at radius 3 is 2.94 bits per heavy atom. The predicted octanol–water partition coefficient (Wildman–Crippen LogP) is 1.04. The van der Waals surface area contributed by atoms with E-state index in [1.54, 1.807) is 0 Å². The van der Waals surface area contributed by atoms with E-state index in [1.807, 2.05) is 24.5 Å². The Balaban J connectivity index is 1.74. The minimum Gasteiger partial charge on any atom is -0.306 e. The van der Waals surface area contributed by atoms with Gasteiger partial charge in [0.05, 0.1) is 6.54 Å². The Kier molecular flexibility index (Phi) is 2.93. The molecule has 0 radical (unpaired) electrons. The van der Waals surface area contributed by atoms with Crippen LogP contribution in [0, 0.1) is 0 Å². The second-order valence-electron chi connectivity index (χ2n) is 3.95. The molecule has 0 saturated heterocycles. The molecule has 0 bridgehead atoms. The maximum absolute atomic E-state index is 4.24. The number of tetrazole rings is 1. The van der Waals surface area contributed by atoms with Gasteiger partial charge in [-0.3, -0.25) is 4.98 Å². The topological polar surface area (TPSA) is 79.4 Å². The highest BCUT2D eigenvalue weighted by Gasteiger charge is 2.02. The number of benzene rings is 1. The summed E-state index contributed by atoms with van der Waals surface area (Å²) in [5, 5.41) is 19.3. The number of nitrogens with zero attached hydrogens (tertiary/aromatic N) is 4. The molecule has 0 saturated carbocycles. The summed E-state index contributed by atoms with van der Waals surface area (Å²) in [7, 11) is 0. The van der Waals surface area contributed by atoms with Gasteiger partial charge in [0.1, 0.15) is 0 Å². The second kappa shape index (κ2) is 4.89. The summed E-state index contributed by atoms with van der Waals surface area (Å²) >= 11 is 0. The molecule has 6 heteroatoms. The highest BCUT2D eigenvalue weighted by atomic mass is 15.5. The van der Waals surface area contributed by atoms with E-state index in [2.05, 4.69) is 43.1 Å². The van der Waals surface area contributed by atoms with Crippen LogP contribution in [0.15, 0.2) is 36.7 Å². The summed E-state index contributed by atoms with van der Waals surface area (Å²) in [5.74, 6) is 0.656. The van der Waals surface area contributed by atoms with E-state index in [0.717, 1.165) is 17.5 Å². The van der Waals surface area contributed by atoms with Crippen LogP contribution in [-0.2, 0) is 13.1 Å². The monoisotopic (exact) mass is 240 g/mol. The molecular weight excluding hydrogens is 228 g/mol. The van der Waals surface area contributed by atoms with Crippen molar-refractivity contribution in [3.8, 4) is 0 Å². The van der Waals surface area contributed by atoms with Crippen molar-refractivity contribution in [2.75, 3.05) is 0 Å². The number of H-pyrrole nitrogens is 1. The predicted molar refractivity (Wildman–Crippen MR) is 66.5 cm³/mol. The Labute approximate surface area is 103 Å². The van der Waals surface area contributed by atoms with Gasteiger partial charge in [0, 0.05) is 24.3 Å². The molecule has 0 spiro atoms. The second-order valence-corrected chi connectivity index (χ2v) is 3.95. The minimum atomic E-state index is 0.583. The third-order valence-electron chi connectivity index (χ3n) is 2.74. The third-order valence-corrected chi connectivity index (χ3v) is 2.74. The van der Waals surface area contributed by atoms with Crippen LogP contribution in [0.3, 0.4) is 0 Å². The summed E-state index contributed by atoms with van der Waals surface area (Å²) in [5.41, 5.74) is 1.16. The van der Waals surface area contributed by atoms with E-state index in [0.29, 0.717) is 12.4 Å². The molecule has 2 N–H and O–H groups in total. The van der Waals surface area contributed by atoms with Crippen molar-refractivity contribution < 1.29 is 0 Å². The first-order chi connectivity index (χ1) is 8.93. The first-order valence-electron chi connectivity index (χ1n) is 5.68. The van der Waals surface area contributed by atoms with Crippen LogP contribution in [0.5, 0.6) is 0 Å². The molecule has 0 unspecified atom stereocenters. The molecule has 0 fully saturated rings. The number of rotatable bonds is 4. The number of hydrogen-bond donors (Lipinski definition) is 2. The Bertz CT molecular complexity index is 629. The number of nitrogens with one attached hydrogen (secondary N) is 2. The molecule has 3 rings (SSSR count). The lowest BCUT2D eigenvalue weighted by atomic mass is 10.1. The number of aromatic amines is 1. The van der Waals surface area contributed by atoms with Crippen molar-refractivity contribution in [2.24, 2.45) is 0 Å². The fourth-order valence-corrected chi connectivity index (χ4v) is 1.89. The summed E-state index contributed by atoms with van der Waals surface area (Å²) in [6.07, 6.45) is 3.75. The van der Waals surface area contributed by atoms with Crippen molar-refractivity contribution >= 4 is 10.8 Å². The van der Waals surface area contributed by atoms with Gasteiger partial charge in [-0.05, 0) is 10.9 Å². The molecule has 2 heterocycles. The summed E-state index contributed by atoms with van der Waals surface area (Å²) in [4.78, 5) is 4.24. The van der Waals surface area contributed by atoms with E-state index in [9.17, 15) is 0 Å². The first-order valence-corrected chi connectivity index (χ1v) is 5.68. The SMILES string of the molecule is c1ccc2c(CNCc3nn[nH]n3)cncc2c1. The van der Waals surface area contributed by atoms with Crippen LogP contribution >= 0.6 is 0 Å². The summed E-state index contributed by atoms with van der Waals surface area (Å²) < 4.78 is 0. The standard InChI is InChI=1S/C12H12N6/c1-2-4-11-9(3-1)5-13-6-10(11)7-14-8-12-15-17-18-16-12/h1-6,14H,7-8H2,(H,15,16,17,18). The number of pyridine rings is 1. The van der Waals surface area contributed by atoms with Crippen molar-refractivity contribution in [3.05, 3.63) is 48.0 Å². The van der Waals surface area contributed by atoms with E-state index < -0.39 is 0 Å². The molecule has 0 aliphatic heterocycles. The molecule has 3 aromatic rings. The molecule has 90 valence electrons. The lowest BCUT2D eigenvalue weighted by Crippen LogP contribution is -2.14. The number of fused-ring (bicyclic) bond motifs is 1. The maximum atomic E-state index is 4.24. The van der Waals surface area contributed by atoms with Gasteiger partial charge in [-0.15, -0.1) is 10.2 Å². The average Bonchev–Trinajstić information content (AvgIpc) is 2.92. The van der Waals surface area contributed by atoms with E-state index in [4.69, 9.17) is 0 Å². The van der Waals surface area contributed by atoms with Gasteiger partial charge >= 0.3 is 0 Å². The largest absolute Gasteiger partial charge is 0.306 e. The summed E-state index contributed by atoms with van der Waals surface area (Å²) in [6, 6.07) is 8.21. The fourth-order valence-electron chi connectivity index (χ4n) is 1.89. The lowest BCUT2D eigenvalue weighted by molar-refractivity contribution is 0.665. The van der Waals surface area contributed by atoms with Crippen LogP contribution in [0.2, 0.25) is 0 Å². The highest BCUT2D eigenvalue weighted by Crippen LogP contribution is 2.16. The zero-order chi connectivity index (χ0) is 12.2. The first kappa shape index (κ1) is 10.8. The highest BCUT2D eigenvalue weighted by molar-refractivity contribution is 5.84. The van der Waals surface area contributed by atoms with E-state index in [-0.39, 0.29) is 0 Å². The number of hydrogen-bond acceptors (Lipinski definition) is 5.